The average molecular weight is 490 g/mol. The second kappa shape index (κ2) is 9.17. The fraction of sp³-hybridized carbons (Fsp3) is 0.200. The van der Waals surface area contributed by atoms with Crippen LogP contribution in [0.15, 0.2) is 76.5 Å². The molecule has 0 aliphatic carbocycles. The van der Waals surface area contributed by atoms with Crippen molar-refractivity contribution < 1.29 is 5.11 Å². The van der Waals surface area contributed by atoms with Crippen molar-refractivity contribution >= 4 is 39.7 Å². The number of anilines is 1. The van der Waals surface area contributed by atoms with Crippen LogP contribution in [0, 0.1) is 13.8 Å². The van der Waals surface area contributed by atoms with Crippen LogP contribution in [0.3, 0.4) is 0 Å². The maximum Gasteiger partial charge on any atom is 0.265 e. The molecule has 0 amide bonds. The number of pyridine rings is 1. The van der Waals surface area contributed by atoms with Gasteiger partial charge < -0.3 is 10.0 Å². The summed E-state index contributed by atoms with van der Waals surface area (Å²) in [6.45, 7) is 5.74. The van der Waals surface area contributed by atoms with Crippen LogP contribution in [0.1, 0.15) is 29.5 Å². The maximum absolute atomic E-state index is 13.5. The Kier molecular flexibility index (Phi) is 5.68. The molecule has 7 heteroatoms. The molecule has 7 nitrogen and oxygen atoms in total. The molecule has 3 aromatic carbocycles. The molecule has 37 heavy (non-hydrogen) atoms. The van der Waals surface area contributed by atoms with Crippen molar-refractivity contribution in [3.05, 3.63) is 93.8 Å². The Morgan fingerprint density at radius 3 is 2.30 bits per heavy atom. The first kappa shape index (κ1) is 22.9. The Bertz CT molecular complexity index is 1750. The third kappa shape index (κ3) is 4.02. The molecule has 1 aliphatic heterocycles. The largest absolute Gasteiger partial charge is 0.494 e. The first-order valence-corrected chi connectivity index (χ1v) is 12.5. The molecule has 1 fully saturated rings. The second-order valence-electron chi connectivity index (χ2n) is 9.53. The van der Waals surface area contributed by atoms with E-state index in [1.165, 1.54) is 4.57 Å². The first-order valence-electron chi connectivity index (χ1n) is 12.5. The lowest BCUT2D eigenvalue weighted by atomic mass is 10.1. The predicted octanol–water partition coefficient (Wildman–Crippen LogP) is 5.61. The van der Waals surface area contributed by atoms with Gasteiger partial charge in [-0.15, -0.1) is 0 Å². The van der Waals surface area contributed by atoms with Crippen molar-refractivity contribution in [1.29, 1.82) is 0 Å². The van der Waals surface area contributed by atoms with Crippen LogP contribution in [-0.2, 0) is 0 Å². The van der Waals surface area contributed by atoms with E-state index in [1.807, 2.05) is 74.5 Å². The van der Waals surface area contributed by atoms with E-state index in [4.69, 9.17) is 15.0 Å². The monoisotopic (exact) mass is 489 g/mol. The summed E-state index contributed by atoms with van der Waals surface area (Å²) in [5.41, 5.74) is 4.37. The molecule has 0 spiro atoms. The first-order chi connectivity index (χ1) is 18.0. The minimum absolute atomic E-state index is 0.157. The van der Waals surface area contributed by atoms with Crippen molar-refractivity contribution in [3.8, 4) is 11.6 Å². The Morgan fingerprint density at radius 1 is 0.892 bits per heavy atom. The molecule has 3 heterocycles. The number of aromatic nitrogens is 3. The maximum atomic E-state index is 13.5. The highest BCUT2D eigenvalue weighted by atomic mass is 16.3. The van der Waals surface area contributed by atoms with Gasteiger partial charge in [0.15, 0.2) is 11.6 Å². The minimum atomic E-state index is -0.277. The smallest absolute Gasteiger partial charge is 0.265 e. The summed E-state index contributed by atoms with van der Waals surface area (Å²) in [5, 5.41) is 12.6. The van der Waals surface area contributed by atoms with Crippen molar-refractivity contribution in [3.63, 3.8) is 0 Å². The number of para-hydroxylation sites is 2. The van der Waals surface area contributed by atoms with Crippen LogP contribution >= 0.6 is 0 Å². The lowest BCUT2D eigenvalue weighted by Gasteiger charge is -2.18. The van der Waals surface area contributed by atoms with E-state index in [9.17, 15) is 9.90 Å². The Balaban J connectivity index is 1.57. The number of hydrogen-bond acceptors (Lipinski definition) is 6. The highest BCUT2D eigenvalue weighted by Crippen LogP contribution is 2.32. The van der Waals surface area contributed by atoms with E-state index in [0.29, 0.717) is 27.8 Å². The number of aromatic hydroxyl groups is 1. The van der Waals surface area contributed by atoms with Crippen LogP contribution in [0.5, 0.6) is 5.88 Å². The highest BCUT2D eigenvalue weighted by Gasteiger charge is 2.21. The lowest BCUT2D eigenvalue weighted by Crippen LogP contribution is -2.21. The van der Waals surface area contributed by atoms with Crippen LogP contribution in [0.25, 0.3) is 27.5 Å². The third-order valence-electron chi connectivity index (χ3n) is 6.95. The zero-order valence-electron chi connectivity index (χ0n) is 20.8. The topological polar surface area (TPSA) is 83.6 Å². The van der Waals surface area contributed by atoms with Gasteiger partial charge in [0.25, 0.3) is 5.56 Å². The number of benzene rings is 3. The van der Waals surface area contributed by atoms with Gasteiger partial charge in [-0.2, -0.15) is 0 Å². The van der Waals surface area contributed by atoms with E-state index in [2.05, 4.69) is 4.90 Å². The molecule has 1 aliphatic rings. The fourth-order valence-electron chi connectivity index (χ4n) is 5.10. The number of aliphatic imine (C=N–C) groups is 1. The second-order valence-corrected chi connectivity index (χ2v) is 9.53. The number of nitrogens with zero attached hydrogens (tertiary/aromatic N) is 5. The fourth-order valence-corrected chi connectivity index (χ4v) is 5.10. The van der Waals surface area contributed by atoms with Gasteiger partial charge in [-0.1, -0.05) is 48.0 Å². The van der Waals surface area contributed by atoms with Gasteiger partial charge in [-0.25, -0.2) is 19.5 Å². The van der Waals surface area contributed by atoms with Gasteiger partial charge in [-0.3, -0.25) is 4.79 Å². The predicted molar refractivity (Wildman–Crippen MR) is 149 cm³/mol. The van der Waals surface area contributed by atoms with Crippen LogP contribution in [0.4, 0.5) is 11.6 Å². The van der Waals surface area contributed by atoms with Crippen molar-refractivity contribution in [2.45, 2.75) is 26.7 Å². The standard InChI is InChI=1S/C30H27N5O2/c1-19-13-14-26(20(2)17-19)35-29(36)22-10-4-3-9-21(22)23(30(35)37)18-31-27-28(34-15-7-8-16-34)33-25-12-6-5-11-24(25)32-27/h3-6,9-14,17-18,37H,7-8,15-16H2,1-2H3. The van der Waals surface area contributed by atoms with Crippen molar-refractivity contribution in [2.75, 3.05) is 18.0 Å². The quantitative estimate of drug-likeness (QED) is 0.332. The number of aryl methyl sites for hydroxylation is 2. The third-order valence-corrected chi connectivity index (χ3v) is 6.95. The number of rotatable bonds is 4. The summed E-state index contributed by atoms with van der Waals surface area (Å²) in [4.78, 5) is 30.2. The number of hydrogen-bond donors (Lipinski definition) is 1. The molecular weight excluding hydrogens is 462 g/mol. The van der Waals surface area contributed by atoms with Gasteiger partial charge >= 0.3 is 0 Å². The van der Waals surface area contributed by atoms with E-state index in [-0.39, 0.29) is 11.4 Å². The molecule has 5 aromatic rings. The minimum Gasteiger partial charge on any atom is -0.494 e. The molecule has 1 saturated heterocycles. The van der Waals surface area contributed by atoms with Crippen LogP contribution in [-0.4, -0.2) is 38.9 Å². The van der Waals surface area contributed by atoms with Crippen LogP contribution in [0.2, 0.25) is 0 Å². The van der Waals surface area contributed by atoms with Gasteiger partial charge in [0.2, 0.25) is 5.88 Å². The van der Waals surface area contributed by atoms with E-state index >= 15 is 0 Å². The Hall–Kier alpha value is -4.52. The Morgan fingerprint density at radius 2 is 1.57 bits per heavy atom. The SMILES string of the molecule is Cc1ccc(-n2c(O)c(C=Nc3nc4ccccc4nc3N3CCCC3)c3ccccc3c2=O)c(C)c1. The van der Waals surface area contributed by atoms with E-state index in [1.54, 1.807) is 12.3 Å². The van der Waals surface area contributed by atoms with E-state index in [0.717, 1.165) is 53.9 Å². The molecule has 0 radical (unpaired) electrons. The van der Waals surface area contributed by atoms with Gasteiger partial charge in [-0.05, 0) is 56.5 Å². The summed E-state index contributed by atoms with van der Waals surface area (Å²) in [6.07, 6.45) is 3.81. The molecular formula is C30H27N5O2. The van der Waals surface area contributed by atoms with Gasteiger partial charge in [0.05, 0.1) is 22.3 Å². The summed E-state index contributed by atoms with van der Waals surface area (Å²) in [7, 11) is 0. The molecule has 1 N–H and O–H groups in total. The molecule has 2 aromatic heterocycles. The average Bonchev–Trinajstić information content (AvgIpc) is 3.44. The van der Waals surface area contributed by atoms with E-state index < -0.39 is 0 Å². The zero-order chi connectivity index (χ0) is 25.5. The molecule has 0 bridgehead atoms. The summed E-state index contributed by atoms with van der Waals surface area (Å²) in [6, 6.07) is 20.8. The van der Waals surface area contributed by atoms with Crippen molar-refractivity contribution in [1.82, 2.24) is 14.5 Å². The van der Waals surface area contributed by atoms with Crippen LogP contribution < -0.4 is 10.5 Å². The Labute approximate surface area is 214 Å². The zero-order valence-corrected chi connectivity index (χ0v) is 20.8. The molecule has 0 saturated carbocycles. The number of fused-ring (bicyclic) bond motifs is 2. The normalized spacial score (nSPS) is 13.8. The summed E-state index contributed by atoms with van der Waals surface area (Å²) in [5.74, 6) is 1.07. The molecule has 0 atom stereocenters. The summed E-state index contributed by atoms with van der Waals surface area (Å²) >= 11 is 0. The molecule has 184 valence electrons. The lowest BCUT2D eigenvalue weighted by molar-refractivity contribution is 0.436. The highest BCUT2D eigenvalue weighted by molar-refractivity contribution is 6.02. The molecule has 6 rings (SSSR count). The summed E-state index contributed by atoms with van der Waals surface area (Å²) < 4.78 is 1.37. The van der Waals surface area contributed by atoms with Gasteiger partial charge in [0, 0.05) is 30.1 Å². The molecule has 0 unspecified atom stereocenters. The van der Waals surface area contributed by atoms with Gasteiger partial charge in [0.1, 0.15) is 0 Å². The van der Waals surface area contributed by atoms with Crippen molar-refractivity contribution in [2.24, 2.45) is 4.99 Å².